The Kier molecular flexibility index (Phi) is 15.4. The fraction of sp³-hybridized carbons (Fsp3) is 0.469. The van der Waals surface area contributed by atoms with E-state index >= 15 is 0 Å². The van der Waals surface area contributed by atoms with E-state index in [1.54, 1.807) is 12.1 Å². The van der Waals surface area contributed by atoms with Gasteiger partial charge < -0.3 is 30.2 Å². The molecule has 0 radical (unpaired) electrons. The van der Waals surface area contributed by atoms with Crippen molar-refractivity contribution >= 4 is 82.3 Å². The quantitative estimate of drug-likeness (QED) is 0.0589. The minimum absolute atomic E-state index is 0.0154. The molecule has 2 aromatic rings. The summed E-state index contributed by atoms with van der Waals surface area (Å²) in [5.74, 6) is -2.73. The number of amides is 7. The van der Waals surface area contributed by atoms with Crippen LogP contribution in [0.2, 0.25) is 0 Å². The number of nitrogens with zero attached hydrogens (tertiary/aromatic N) is 3. The maximum Gasteiger partial charge on any atom is 0.408 e. The molecule has 18 nitrogen and oxygen atoms in total. The minimum atomic E-state index is -1.94. The van der Waals surface area contributed by atoms with Crippen LogP contribution < -0.4 is 31.3 Å². The number of nitrogens with one attached hydrogen (secondary N) is 5. The van der Waals surface area contributed by atoms with Crippen molar-refractivity contribution < 1.29 is 47.8 Å². The summed E-state index contributed by atoms with van der Waals surface area (Å²) in [6, 6.07) is 5.08. The number of piperidine rings is 1. The lowest BCUT2D eigenvalue weighted by Gasteiger charge is -2.27. The largest absolute Gasteiger partial charge is 0.493 e. The average molecular weight is 800 g/mol. The summed E-state index contributed by atoms with van der Waals surface area (Å²) in [6.07, 6.45) is 1.75. The van der Waals surface area contributed by atoms with Crippen LogP contribution in [0.25, 0.3) is 0 Å². The Labute approximate surface area is 318 Å². The standard InChI is InChI=1S/C32H37Cl3N8O10/c33-32(34,35)29(41-30-38-11-2-12-39-30)42-31(50)53-16-4-14-37-23(45)10-18-51-17-9-22(44)36-13-3-15-52-21-6-1-5-19-25(21)28(49)43(27(19)48)20-7-8-24(46)40-26(20)47/h1-2,5-6,11-12,20,29H,3-4,7-10,13-18H2,(H,36,44)(H,37,45)(H,42,50)(H,38,39,41)(H,40,46,47). The first-order valence-electron chi connectivity index (χ1n) is 16.5. The van der Waals surface area contributed by atoms with Crippen molar-refractivity contribution in [3.8, 4) is 5.75 Å². The van der Waals surface area contributed by atoms with Gasteiger partial charge in [0.15, 0.2) is 6.17 Å². The molecule has 1 fully saturated rings. The molecule has 4 rings (SSSR count). The van der Waals surface area contributed by atoms with Crippen molar-refractivity contribution in [2.24, 2.45) is 0 Å². The van der Waals surface area contributed by atoms with Gasteiger partial charge in [0.05, 0.1) is 37.6 Å². The Hall–Kier alpha value is -4.78. The lowest BCUT2D eigenvalue weighted by Crippen LogP contribution is -2.54. The fourth-order valence-corrected chi connectivity index (χ4v) is 5.35. The Morgan fingerprint density at radius 1 is 0.906 bits per heavy atom. The number of hydrogen-bond acceptors (Lipinski definition) is 13. The predicted molar refractivity (Wildman–Crippen MR) is 188 cm³/mol. The number of rotatable bonds is 19. The summed E-state index contributed by atoms with van der Waals surface area (Å²) in [5.41, 5.74) is 0.158. The number of halogens is 3. The smallest absolute Gasteiger partial charge is 0.408 e. The number of alkyl carbamates (subject to hydrolysis) is 1. The first-order valence-corrected chi connectivity index (χ1v) is 17.6. The SMILES string of the molecule is O=C(CCOCCC(=O)NCCCOc1cccc2c1C(=O)N(C1CCC(=O)NC1=O)C2=O)NCCCOC(=O)NC(Nc1ncccn1)C(Cl)(Cl)Cl. The van der Waals surface area contributed by atoms with E-state index in [1.165, 1.54) is 24.5 Å². The molecule has 2 atom stereocenters. The Bertz CT molecular complexity index is 1660. The maximum absolute atomic E-state index is 13.1. The van der Waals surface area contributed by atoms with Crippen LogP contribution in [0.4, 0.5) is 10.7 Å². The van der Waals surface area contributed by atoms with Gasteiger partial charge in [-0.2, -0.15) is 0 Å². The van der Waals surface area contributed by atoms with Gasteiger partial charge in [0.2, 0.25) is 33.4 Å². The molecule has 286 valence electrons. The van der Waals surface area contributed by atoms with E-state index in [0.717, 1.165) is 4.90 Å². The highest BCUT2D eigenvalue weighted by molar-refractivity contribution is 6.68. The number of alkyl halides is 3. The van der Waals surface area contributed by atoms with Gasteiger partial charge >= 0.3 is 6.09 Å². The van der Waals surface area contributed by atoms with Gasteiger partial charge in [-0.15, -0.1) is 0 Å². The Balaban J connectivity index is 1.02. The van der Waals surface area contributed by atoms with Gasteiger partial charge in [-0.05, 0) is 37.5 Å². The van der Waals surface area contributed by atoms with Gasteiger partial charge in [-0.3, -0.25) is 44.3 Å². The molecule has 2 unspecified atom stereocenters. The topological polar surface area (TPSA) is 236 Å². The van der Waals surface area contributed by atoms with Crippen molar-refractivity contribution in [2.45, 2.75) is 54.5 Å². The number of carbonyl (C=O) groups is 7. The molecule has 7 amide bonds. The van der Waals surface area contributed by atoms with Gasteiger partial charge in [-0.1, -0.05) is 40.9 Å². The Morgan fingerprint density at radius 2 is 1.57 bits per heavy atom. The van der Waals surface area contributed by atoms with E-state index in [2.05, 4.69) is 36.6 Å². The zero-order valence-corrected chi connectivity index (χ0v) is 30.4. The molecule has 0 aliphatic carbocycles. The molecule has 2 aliphatic heterocycles. The minimum Gasteiger partial charge on any atom is -0.493 e. The lowest BCUT2D eigenvalue weighted by molar-refractivity contribution is -0.136. The van der Waals surface area contributed by atoms with Gasteiger partial charge in [0.1, 0.15) is 11.8 Å². The van der Waals surface area contributed by atoms with Crippen molar-refractivity contribution in [3.05, 3.63) is 47.8 Å². The van der Waals surface area contributed by atoms with Crippen LogP contribution in [0.15, 0.2) is 36.7 Å². The number of anilines is 1. The summed E-state index contributed by atoms with van der Waals surface area (Å²) in [7, 11) is 0. The number of imide groups is 2. The summed E-state index contributed by atoms with van der Waals surface area (Å²) in [6.45, 7) is 0.772. The summed E-state index contributed by atoms with van der Waals surface area (Å²) < 4.78 is 14.2. The number of benzene rings is 1. The summed E-state index contributed by atoms with van der Waals surface area (Å²) >= 11 is 17.7. The van der Waals surface area contributed by atoms with Gasteiger partial charge in [-0.25, -0.2) is 14.8 Å². The molecule has 1 aromatic carbocycles. The molecule has 5 N–H and O–H groups in total. The van der Waals surface area contributed by atoms with E-state index in [4.69, 9.17) is 49.0 Å². The normalized spacial score (nSPS) is 16.0. The number of hydrogen-bond donors (Lipinski definition) is 5. The molecule has 1 aromatic heterocycles. The third kappa shape index (κ3) is 12.4. The van der Waals surface area contributed by atoms with E-state index in [-0.39, 0.29) is 99.8 Å². The molecule has 2 aliphatic rings. The lowest BCUT2D eigenvalue weighted by atomic mass is 10.0. The van der Waals surface area contributed by atoms with Crippen LogP contribution in [-0.2, 0) is 28.7 Å². The number of ether oxygens (including phenoxy) is 3. The van der Waals surface area contributed by atoms with Crippen molar-refractivity contribution in [1.29, 1.82) is 0 Å². The average Bonchev–Trinajstić information content (AvgIpc) is 3.37. The molecule has 53 heavy (non-hydrogen) atoms. The van der Waals surface area contributed by atoms with Crippen molar-refractivity contribution in [3.63, 3.8) is 0 Å². The highest BCUT2D eigenvalue weighted by Crippen LogP contribution is 2.34. The van der Waals surface area contributed by atoms with Gasteiger partial charge in [0.25, 0.3) is 11.8 Å². The molecular weight excluding hydrogens is 763 g/mol. The second kappa shape index (κ2) is 19.9. The predicted octanol–water partition coefficient (Wildman–Crippen LogP) is 1.60. The van der Waals surface area contributed by atoms with E-state index < -0.39 is 45.7 Å². The van der Waals surface area contributed by atoms with Crippen LogP contribution in [0.5, 0.6) is 5.75 Å². The molecule has 0 bridgehead atoms. The molecule has 3 heterocycles. The van der Waals surface area contributed by atoms with E-state index in [9.17, 15) is 33.6 Å². The highest BCUT2D eigenvalue weighted by atomic mass is 35.6. The molecule has 21 heteroatoms. The van der Waals surface area contributed by atoms with Crippen LogP contribution in [0.1, 0.15) is 59.2 Å². The zero-order valence-electron chi connectivity index (χ0n) is 28.2. The van der Waals surface area contributed by atoms with Crippen LogP contribution in [0, 0.1) is 0 Å². The third-order valence-corrected chi connectivity index (χ3v) is 8.24. The van der Waals surface area contributed by atoms with Crippen molar-refractivity contribution in [2.75, 3.05) is 44.8 Å². The summed E-state index contributed by atoms with van der Waals surface area (Å²) in [4.78, 5) is 95.0. The number of carbonyl (C=O) groups excluding carboxylic acids is 7. The van der Waals surface area contributed by atoms with Crippen LogP contribution in [-0.4, -0.2) is 112 Å². The monoisotopic (exact) mass is 798 g/mol. The first kappa shape index (κ1) is 41.0. The van der Waals surface area contributed by atoms with Crippen LogP contribution in [0.3, 0.4) is 0 Å². The van der Waals surface area contributed by atoms with Crippen molar-refractivity contribution in [1.82, 2.24) is 36.1 Å². The van der Waals surface area contributed by atoms with E-state index in [0.29, 0.717) is 12.8 Å². The molecule has 1 saturated heterocycles. The Morgan fingerprint density at radius 3 is 2.21 bits per heavy atom. The second-order valence-electron chi connectivity index (χ2n) is 11.5. The third-order valence-electron chi connectivity index (χ3n) is 7.58. The number of fused-ring (bicyclic) bond motifs is 1. The van der Waals surface area contributed by atoms with Crippen LogP contribution >= 0.6 is 34.8 Å². The fourth-order valence-electron chi connectivity index (χ4n) is 5.02. The summed E-state index contributed by atoms with van der Waals surface area (Å²) in [5, 5.41) is 12.6. The highest BCUT2D eigenvalue weighted by Gasteiger charge is 2.46. The number of aromatic nitrogens is 2. The van der Waals surface area contributed by atoms with E-state index in [1.807, 2.05) is 0 Å². The second-order valence-corrected chi connectivity index (χ2v) is 13.8. The molecular formula is C32H37Cl3N8O10. The maximum atomic E-state index is 13.1. The molecule has 0 saturated carbocycles. The molecule has 0 spiro atoms. The first-order chi connectivity index (χ1) is 25.3. The van der Waals surface area contributed by atoms with Gasteiger partial charge in [0, 0.05) is 44.7 Å². The zero-order chi connectivity index (χ0) is 38.4.